The Hall–Kier alpha value is -2.83. The van der Waals surface area contributed by atoms with E-state index in [2.05, 4.69) is 26.2 Å². The molecule has 0 radical (unpaired) electrons. The molecule has 4 aromatic rings. The Balaban J connectivity index is 1.64. The Labute approximate surface area is 187 Å². The lowest BCUT2D eigenvalue weighted by Crippen LogP contribution is -2.13. The van der Waals surface area contributed by atoms with Crippen LogP contribution in [0, 0.1) is 13.8 Å². The number of rotatable bonds is 4. The van der Waals surface area contributed by atoms with Crippen LogP contribution in [0.15, 0.2) is 57.4 Å². The number of aromatic nitrogens is 1. The van der Waals surface area contributed by atoms with E-state index in [9.17, 15) is 4.79 Å². The minimum Gasteiger partial charge on any atom is -0.496 e. The number of nitrogens with zero attached hydrogens (tertiary/aromatic N) is 1. The first-order valence-corrected chi connectivity index (χ1v) is 10.4. The Morgan fingerprint density at radius 3 is 2.63 bits per heavy atom. The predicted molar refractivity (Wildman–Crippen MR) is 123 cm³/mol. The molecule has 0 unspecified atom stereocenters. The van der Waals surface area contributed by atoms with Crippen molar-refractivity contribution in [1.82, 2.24) is 4.98 Å². The van der Waals surface area contributed by atoms with Crippen LogP contribution in [0.4, 0.5) is 5.69 Å². The summed E-state index contributed by atoms with van der Waals surface area (Å²) in [5.41, 5.74) is 4.95. The fourth-order valence-corrected chi connectivity index (χ4v) is 3.98. The van der Waals surface area contributed by atoms with Crippen molar-refractivity contribution in [3.63, 3.8) is 0 Å². The number of nitrogens with one attached hydrogen (secondary N) is 1. The second-order valence-corrected chi connectivity index (χ2v) is 8.25. The summed E-state index contributed by atoms with van der Waals surface area (Å²) < 4.78 is 12.1. The van der Waals surface area contributed by atoms with E-state index in [0.29, 0.717) is 39.0 Å². The molecule has 0 bridgehead atoms. The maximum absolute atomic E-state index is 12.9. The fourth-order valence-electron chi connectivity index (χ4n) is 3.22. The molecular formula is C23H18BrClN2O3. The molecule has 0 aliphatic rings. The van der Waals surface area contributed by atoms with Gasteiger partial charge in [-0.1, -0.05) is 33.6 Å². The molecule has 0 atom stereocenters. The van der Waals surface area contributed by atoms with Gasteiger partial charge in [-0.05, 0) is 67.4 Å². The number of carbonyl (C=O) groups excluding carboxylic acids is 1. The monoisotopic (exact) mass is 484 g/mol. The van der Waals surface area contributed by atoms with E-state index in [0.717, 1.165) is 21.2 Å². The summed E-state index contributed by atoms with van der Waals surface area (Å²) in [4.78, 5) is 17.4. The van der Waals surface area contributed by atoms with Crippen LogP contribution >= 0.6 is 27.5 Å². The molecule has 0 aliphatic carbocycles. The van der Waals surface area contributed by atoms with Crippen molar-refractivity contribution in [3.8, 4) is 17.2 Å². The molecule has 3 aromatic carbocycles. The molecule has 0 fully saturated rings. The van der Waals surface area contributed by atoms with Gasteiger partial charge >= 0.3 is 0 Å². The van der Waals surface area contributed by atoms with E-state index in [4.69, 9.17) is 20.8 Å². The van der Waals surface area contributed by atoms with Crippen molar-refractivity contribution >= 4 is 50.2 Å². The standard InChI is InChI=1S/C23H18BrClN2O3/c1-12-4-5-14(9-18(12)25)23-27-19-11-16(6-7-20(19)30-23)26-22(28)17-10-15(24)8-13(2)21(17)29-3/h4-11H,1-3H3,(H,26,28). The second kappa shape index (κ2) is 8.13. The molecule has 5 nitrogen and oxygen atoms in total. The van der Waals surface area contributed by atoms with Crippen LogP contribution in [0.25, 0.3) is 22.6 Å². The third-order valence-corrected chi connectivity index (χ3v) is 5.62. The third kappa shape index (κ3) is 3.93. The van der Waals surface area contributed by atoms with Crippen molar-refractivity contribution < 1.29 is 13.9 Å². The number of halogens is 2. The van der Waals surface area contributed by atoms with Crippen molar-refractivity contribution in [2.24, 2.45) is 0 Å². The molecule has 0 saturated heterocycles. The zero-order valence-corrected chi connectivity index (χ0v) is 18.9. The van der Waals surface area contributed by atoms with E-state index in [-0.39, 0.29) is 5.91 Å². The van der Waals surface area contributed by atoms with E-state index in [1.165, 1.54) is 0 Å². The lowest BCUT2D eigenvalue weighted by molar-refractivity contribution is 0.102. The van der Waals surface area contributed by atoms with Gasteiger partial charge in [0, 0.05) is 20.7 Å². The number of anilines is 1. The molecule has 0 aliphatic heterocycles. The number of fused-ring (bicyclic) bond motifs is 1. The van der Waals surface area contributed by atoms with Crippen LogP contribution in [-0.2, 0) is 0 Å². The maximum atomic E-state index is 12.9. The van der Waals surface area contributed by atoms with E-state index in [1.54, 1.807) is 31.4 Å². The molecule has 152 valence electrons. The number of methoxy groups -OCH3 is 1. The number of ether oxygens (including phenoxy) is 1. The molecular weight excluding hydrogens is 468 g/mol. The van der Waals surface area contributed by atoms with Crippen molar-refractivity contribution in [3.05, 3.63) is 74.7 Å². The third-order valence-electron chi connectivity index (χ3n) is 4.75. The van der Waals surface area contributed by atoms with Gasteiger partial charge in [0.05, 0.1) is 12.7 Å². The van der Waals surface area contributed by atoms with Crippen LogP contribution in [0.1, 0.15) is 21.5 Å². The Kier molecular flexibility index (Phi) is 5.54. The smallest absolute Gasteiger partial charge is 0.259 e. The van der Waals surface area contributed by atoms with Gasteiger partial charge in [0.25, 0.3) is 5.91 Å². The van der Waals surface area contributed by atoms with Gasteiger partial charge in [-0.2, -0.15) is 0 Å². The molecule has 7 heteroatoms. The first-order chi connectivity index (χ1) is 14.4. The van der Waals surface area contributed by atoms with Crippen molar-refractivity contribution in [2.45, 2.75) is 13.8 Å². The number of hydrogen-bond acceptors (Lipinski definition) is 4. The summed E-state index contributed by atoms with van der Waals surface area (Å²) in [5.74, 6) is 0.737. The summed E-state index contributed by atoms with van der Waals surface area (Å²) in [6, 6.07) is 14.6. The fraction of sp³-hybridized carbons (Fsp3) is 0.130. The highest BCUT2D eigenvalue weighted by atomic mass is 79.9. The molecule has 0 spiro atoms. The molecule has 1 amide bonds. The molecule has 1 heterocycles. The minimum absolute atomic E-state index is 0.273. The molecule has 4 rings (SSSR count). The average molecular weight is 486 g/mol. The van der Waals surface area contributed by atoms with Gasteiger partial charge in [-0.25, -0.2) is 4.98 Å². The van der Waals surface area contributed by atoms with Crippen LogP contribution < -0.4 is 10.1 Å². The number of benzene rings is 3. The number of carbonyl (C=O) groups is 1. The first kappa shape index (κ1) is 20.4. The molecule has 1 N–H and O–H groups in total. The first-order valence-electron chi connectivity index (χ1n) is 9.18. The SMILES string of the molecule is COc1c(C)cc(Br)cc1C(=O)Nc1ccc2oc(-c3ccc(C)c(Cl)c3)nc2c1. The Morgan fingerprint density at radius 2 is 1.90 bits per heavy atom. The van der Waals surface area contributed by atoms with E-state index < -0.39 is 0 Å². The van der Waals surface area contributed by atoms with Crippen molar-refractivity contribution in [1.29, 1.82) is 0 Å². The maximum Gasteiger partial charge on any atom is 0.259 e. The summed E-state index contributed by atoms with van der Waals surface area (Å²) >= 11 is 9.65. The summed E-state index contributed by atoms with van der Waals surface area (Å²) in [7, 11) is 1.55. The van der Waals surface area contributed by atoms with Gasteiger partial charge in [-0.15, -0.1) is 0 Å². The molecule has 1 aromatic heterocycles. The largest absolute Gasteiger partial charge is 0.496 e. The summed E-state index contributed by atoms with van der Waals surface area (Å²) in [6.07, 6.45) is 0. The number of oxazole rings is 1. The van der Waals surface area contributed by atoms with E-state index in [1.807, 2.05) is 38.1 Å². The lowest BCUT2D eigenvalue weighted by Gasteiger charge is -2.12. The normalized spacial score (nSPS) is 11.0. The van der Waals surface area contributed by atoms with Crippen LogP contribution in [0.2, 0.25) is 5.02 Å². The summed E-state index contributed by atoms with van der Waals surface area (Å²) in [6.45, 7) is 3.83. The van der Waals surface area contributed by atoms with Gasteiger partial charge < -0.3 is 14.5 Å². The van der Waals surface area contributed by atoms with E-state index >= 15 is 0 Å². The van der Waals surface area contributed by atoms with Crippen LogP contribution in [0.5, 0.6) is 5.75 Å². The second-order valence-electron chi connectivity index (χ2n) is 6.92. The van der Waals surface area contributed by atoms with Crippen LogP contribution in [0.3, 0.4) is 0 Å². The summed E-state index contributed by atoms with van der Waals surface area (Å²) in [5, 5.41) is 3.56. The number of hydrogen-bond donors (Lipinski definition) is 1. The van der Waals surface area contributed by atoms with Gasteiger partial charge in [-0.3, -0.25) is 4.79 Å². The number of amides is 1. The van der Waals surface area contributed by atoms with Gasteiger partial charge in [0.1, 0.15) is 11.3 Å². The zero-order valence-electron chi connectivity index (χ0n) is 16.5. The lowest BCUT2D eigenvalue weighted by atomic mass is 10.1. The van der Waals surface area contributed by atoms with Crippen LogP contribution in [-0.4, -0.2) is 18.0 Å². The highest BCUT2D eigenvalue weighted by Gasteiger charge is 2.17. The van der Waals surface area contributed by atoms with Gasteiger partial charge in [0.15, 0.2) is 5.58 Å². The van der Waals surface area contributed by atoms with Crippen molar-refractivity contribution in [2.75, 3.05) is 12.4 Å². The molecule has 30 heavy (non-hydrogen) atoms. The average Bonchev–Trinajstić information content (AvgIpc) is 3.13. The topological polar surface area (TPSA) is 64.4 Å². The Bertz CT molecular complexity index is 1280. The quantitative estimate of drug-likeness (QED) is 0.346. The Morgan fingerprint density at radius 1 is 1.10 bits per heavy atom. The highest BCUT2D eigenvalue weighted by Crippen LogP contribution is 2.31. The predicted octanol–water partition coefficient (Wildman–Crippen LogP) is 6.79. The highest BCUT2D eigenvalue weighted by molar-refractivity contribution is 9.10. The van der Waals surface area contributed by atoms with Gasteiger partial charge in [0.2, 0.25) is 5.89 Å². The number of aryl methyl sites for hydroxylation is 2. The minimum atomic E-state index is -0.273. The molecule has 0 saturated carbocycles. The zero-order chi connectivity index (χ0) is 21.4.